The second-order valence-electron chi connectivity index (χ2n) is 7.58. The summed E-state index contributed by atoms with van der Waals surface area (Å²) >= 11 is 0. The molecule has 33 heavy (non-hydrogen) atoms. The summed E-state index contributed by atoms with van der Waals surface area (Å²) in [5, 5.41) is 18.9. The monoisotopic (exact) mass is 445 g/mol. The van der Waals surface area contributed by atoms with Crippen LogP contribution in [0.15, 0.2) is 91.0 Å². The molecule has 3 aromatic carbocycles. The van der Waals surface area contributed by atoms with Crippen molar-refractivity contribution in [3.8, 4) is 5.75 Å². The number of carbonyl (C=O) groups is 2. The van der Waals surface area contributed by atoms with Gasteiger partial charge in [0.1, 0.15) is 12.4 Å². The second-order valence-corrected chi connectivity index (χ2v) is 7.58. The van der Waals surface area contributed by atoms with Crippen LogP contribution in [0, 0.1) is 0 Å². The summed E-state index contributed by atoms with van der Waals surface area (Å²) in [5.74, 6) is -1.52. The molecule has 4 rings (SSSR count). The minimum absolute atomic E-state index is 0.248. The van der Waals surface area contributed by atoms with Crippen molar-refractivity contribution < 1.29 is 24.5 Å². The number of likely N-dealkylation sites (N-methyl/N-ethyl adjacent to an activating group) is 1. The largest absolute Gasteiger partial charge is 0.492 e. The van der Waals surface area contributed by atoms with Crippen LogP contribution >= 0.6 is 0 Å². The molecule has 0 amide bonds. The molecule has 1 atom stereocenters. The molecule has 6 heteroatoms. The number of carboxylic acids is 2. The highest BCUT2D eigenvalue weighted by Gasteiger charge is 2.44. The first-order chi connectivity index (χ1) is 16.0. The molecule has 1 heterocycles. The Hall–Kier alpha value is -3.90. The number of para-hydroxylation sites is 1. The van der Waals surface area contributed by atoms with Gasteiger partial charge >= 0.3 is 11.9 Å². The summed E-state index contributed by atoms with van der Waals surface area (Å²) in [7, 11) is 2.00. The molecule has 3 aromatic rings. The average molecular weight is 446 g/mol. The summed E-state index contributed by atoms with van der Waals surface area (Å²) in [6.07, 6.45) is 2.12. The van der Waals surface area contributed by atoms with Gasteiger partial charge in [-0.3, -0.25) is 0 Å². The van der Waals surface area contributed by atoms with Crippen LogP contribution in [0.4, 0.5) is 0 Å². The Morgan fingerprint density at radius 1 is 0.879 bits per heavy atom. The molecule has 0 bridgehead atoms. The Morgan fingerprint density at radius 2 is 1.45 bits per heavy atom. The van der Waals surface area contributed by atoms with Crippen LogP contribution in [-0.4, -0.2) is 42.4 Å². The van der Waals surface area contributed by atoms with E-state index in [9.17, 15) is 9.59 Å². The van der Waals surface area contributed by atoms with Gasteiger partial charge in [0.25, 0.3) is 0 Å². The molecule has 3 N–H and O–H groups in total. The van der Waals surface area contributed by atoms with Crippen LogP contribution in [0.5, 0.6) is 5.75 Å². The van der Waals surface area contributed by atoms with Gasteiger partial charge in [-0.1, -0.05) is 72.8 Å². The molecule has 0 aromatic heterocycles. The number of benzene rings is 3. The highest BCUT2D eigenvalue weighted by molar-refractivity contribution is 5.89. The first kappa shape index (κ1) is 23.8. The Labute approximate surface area is 193 Å². The lowest BCUT2D eigenvalue weighted by Gasteiger charge is -2.31. The van der Waals surface area contributed by atoms with E-state index in [-0.39, 0.29) is 5.41 Å². The Balaban J connectivity index is 0.000000331. The quantitative estimate of drug-likeness (QED) is 0.478. The summed E-state index contributed by atoms with van der Waals surface area (Å²) < 4.78 is 6.17. The van der Waals surface area contributed by atoms with E-state index in [2.05, 4.69) is 78.1 Å². The highest BCUT2D eigenvalue weighted by Crippen LogP contribution is 2.48. The molecular formula is C27H27NO5. The fraction of sp³-hybridized carbons (Fsp3) is 0.185. The lowest BCUT2D eigenvalue weighted by molar-refractivity contribution is -0.134. The minimum Gasteiger partial charge on any atom is -0.492 e. The maximum Gasteiger partial charge on any atom is 0.328 e. The smallest absolute Gasteiger partial charge is 0.328 e. The van der Waals surface area contributed by atoms with Crippen molar-refractivity contribution in [2.45, 2.75) is 11.8 Å². The lowest BCUT2D eigenvalue weighted by Crippen LogP contribution is -2.32. The molecule has 170 valence electrons. The molecule has 6 nitrogen and oxygen atoms in total. The molecule has 0 radical (unpaired) electrons. The van der Waals surface area contributed by atoms with Gasteiger partial charge in [-0.15, -0.1) is 0 Å². The van der Waals surface area contributed by atoms with Crippen LogP contribution < -0.4 is 10.1 Å². The Kier molecular flexibility index (Phi) is 8.00. The maximum atomic E-state index is 9.55. The van der Waals surface area contributed by atoms with E-state index in [0.29, 0.717) is 18.8 Å². The zero-order valence-corrected chi connectivity index (χ0v) is 18.4. The molecule has 1 unspecified atom stereocenters. The van der Waals surface area contributed by atoms with Crippen molar-refractivity contribution in [1.29, 1.82) is 0 Å². The van der Waals surface area contributed by atoms with E-state index in [0.717, 1.165) is 18.7 Å². The summed E-state index contributed by atoms with van der Waals surface area (Å²) in [4.78, 5) is 19.1. The Bertz CT molecular complexity index is 1110. The van der Waals surface area contributed by atoms with E-state index in [4.69, 9.17) is 14.9 Å². The van der Waals surface area contributed by atoms with Crippen molar-refractivity contribution in [1.82, 2.24) is 5.32 Å². The van der Waals surface area contributed by atoms with Crippen molar-refractivity contribution >= 4 is 11.9 Å². The van der Waals surface area contributed by atoms with E-state index in [1.54, 1.807) is 0 Å². The third-order valence-electron chi connectivity index (χ3n) is 5.55. The van der Waals surface area contributed by atoms with Gasteiger partial charge in [-0.05, 0) is 42.8 Å². The van der Waals surface area contributed by atoms with Gasteiger partial charge in [-0.25, -0.2) is 9.59 Å². The normalized spacial score (nSPS) is 16.4. The maximum absolute atomic E-state index is 9.55. The molecule has 1 aliphatic rings. The third kappa shape index (κ3) is 5.48. The number of ether oxygens (including phenoxy) is 1. The zero-order chi connectivity index (χ0) is 23.7. The van der Waals surface area contributed by atoms with Gasteiger partial charge in [0.2, 0.25) is 0 Å². The van der Waals surface area contributed by atoms with Gasteiger partial charge in [0.15, 0.2) is 0 Å². The van der Waals surface area contributed by atoms with Crippen LogP contribution in [0.2, 0.25) is 0 Å². The summed E-state index contributed by atoms with van der Waals surface area (Å²) in [6.45, 7) is 1.61. The number of hydrogen-bond acceptors (Lipinski definition) is 4. The van der Waals surface area contributed by atoms with Gasteiger partial charge < -0.3 is 20.3 Å². The van der Waals surface area contributed by atoms with E-state index >= 15 is 0 Å². The molecule has 0 saturated carbocycles. The van der Waals surface area contributed by atoms with Crippen LogP contribution in [0.3, 0.4) is 0 Å². The van der Waals surface area contributed by atoms with Crippen LogP contribution in [0.1, 0.15) is 22.3 Å². The third-order valence-corrected chi connectivity index (χ3v) is 5.55. The highest BCUT2D eigenvalue weighted by atomic mass is 16.5. The van der Waals surface area contributed by atoms with Gasteiger partial charge in [0, 0.05) is 17.7 Å². The number of fused-ring (bicyclic) bond motifs is 1. The number of rotatable bonds is 7. The zero-order valence-electron chi connectivity index (χ0n) is 18.4. The fourth-order valence-electron chi connectivity index (χ4n) is 4.11. The first-order valence-corrected chi connectivity index (χ1v) is 10.6. The fourth-order valence-corrected chi connectivity index (χ4v) is 4.11. The predicted molar refractivity (Wildman–Crippen MR) is 127 cm³/mol. The van der Waals surface area contributed by atoms with Crippen LogP contribution in [0.25, 0.3) is 0 Å². The van der Waals surface area contributed by atoms with E-state index in [1.165, 1.54) is 22.3 Å². The van der Waals surface area contributed by atoms with Gasteiger partial charge in [0.05, 0.1) is 5.41 Å². The lowest BCUT2D eigenvalue weighted by atomic mass is 9.69. The summed E-state index contributed by atoms with van der Waals surface area (Å²) in [5.41, 5.74) is 5.03. The van der Waals surface area contributed by atoms with Gasteiger partial charge in [-0.2, -0.15) is 0 Å². The molecule has 1 aliphatic heterocycles. The minimum atomic E-state index is -1.26. The Morgan fingerprint density at radius 3 is 2.09 bits per heavy atom. The summed E-state index contributed by atoms with van der Waals surface area (Å²) in [6, 6.07) is 28.0. The van der Waals surface area contributed by atoms with Crippen molar-refractivity contribution in [3.05, 3.63) is 113 Å². The van der Waals surface area contributed by atoms with Crippen LogP contribution in [-0.2, 0) is 21.4 Å². The first-order valence-electron chi connectivity index (χ1n) is 10.6. The van der Waals surface area contributed by atoms with E-state index < -0.39 is 11.9 Å². The second kappa shape index (κ2) is 11.1. The topological polar surface area (TPSA) is 95.9 Å². The van der Waals surface area contributed by atoms with Crippen molar-refractivity contribution in [3.63, 3.8) is 0 Å². The SMILES string of the molecule is CNCCc1ccccc1C1(c2ccccc2)COc2ccccc21.O=C(O)/C=C/C(=O)O. The number of hydrogen-bond donors (Lipinski definition) is 3. The molecule has 0 spiro atoms. The van der Waals surface area contributed by atoms with Crippen molar-refractivity contribution in [2.24, 2.45) is 0 Å². The number of carboxylic acid groups (broad SMARTS) is 2. The predicted octanol–water partition coefficient (Wildman–Crippen LogP) is 3.89. The molecule has 0 fully saturated rings. The molecule has 0 aliphatic carbocycles. The van der Waals surface area contributed by atoms with Crippen molar-refractivity contribution in [2.75, 3.05) is 20.2 Å². The number of aliphatic carboxylic acids is 2. The average Bonchev–Trinajstić information content (AvgIpc) is 3.23. The van der Waals surface area contributed by atoms with E-state index in [1.807, 2.05) is 13.1 Å². The standard InChI is InChI=1S/C23H23NO.C4H4O4/c1-24-16-15-18-9-5-6-12-20(18)23(19-10-3-2-4-11-19)17-25-22-14-8-7-13-21(22)23;5-3(6)1-2-4(7)8/h2-14,24H,15-17H2,1H3;1-2H,(H,5,6)(H,7,8)/b;2-1+. The number of nitrogens with one attached hydrogen (secondary N) is 1. The molecule has 0 saturated heterocycles. The molecular weight excluding hydrogens is 418 g/mol.